The summed E-state index contributed by atoms with van der Waals surface area (Å²) in [5.74, 6) is 2.03. The molecule has 5 heteroatoms. The molecule has 0 N–H and O–H groups in total. The zero-order chi connectivity index (χ0) is 29.8. The zero-order valence-electron chi connectivity index (χ0n) is 26.4. The fourth-order valence-electron chi connectivity index (χ4n) is 5.93. The van der Waals surface area contributed by atoms with Crippen LogP contribution < -0.4 is 20.8 Å². The predicted molar refractivity (Wildman–Crippen MR) is 183 cm³/mol. The van der Waals surface area contributed by atoms with Gasteiger partial charge in [0.1, 0.15) is 34.8 Å². The monoisotopic (exact) mass is 579 g/mol. The third-order valence-electron chi connectivity index (χ3n) is 8.41. The Morgan fingerprint density at radius 1 is 0.619 bits per heavy atom. The standard InChI is InChI=1S/C37H48N4P/c1-36(2,3)33-29-34(39-35(38-33)37(4,5)6)41-26-24-40(25-27-41)23-16-28-42(30-17-10-7-11-18-30,31-19-12-8-13-20-31)32-21-14-9-15-22-32/h7-15,17-22,29H,16,23-28H2,1-6H3/q+1. The minimum Gasteiger partial charge on any atom is -0.354 e. The van der Waals surface area contributed by atoms with E-state index in [0.29, 0.717) is 0 Å². The average Bonchev–Trinajstić information content (AvgIpc) is 3.00. The van der Waals surface area contributed by atoms with E-state index in [1.165, 1.54) is 28.5 Å². The molecule has 5 rings (SSSR count). The molecule has 2 heterocycles. The zero-order valence-corrected chi connectivity index (χ0v) is 27.3. The Labute approximate surface area is 254 Å². The summed E-state index contributed by atoms with van der Waals surface area (Å²) in [7, 11) is -1.78. The molecule has 1 aromatic heterocycles. The van der Waals surface area contributed by atoms with Gasteiger partial charge in [-0.3, -0.25) is 4.90 Å². The molecule has 1 saturated heterocycles. The van der Waals surface area contributed by atoms with Crippen LogP contribution in [-0.2, 0) is 10.8 Å². The second kappa shape index (κ2) is 12.7. The number of piperazine rings is 1. The number of rotatable bonds is 8. The molecule has 0 saturated carbocycles. The van der Waals surface area contributed by atoms with Gasteiger partial charge in [0, 0.05) is 49.6 Å². The Balaban J connectivity index is 1.32. The number of aromatic nitrogens is 2. The summed E-state index contributed by atoms with van der Waals surface area (Å²) in [4.78, 5) is 15.2. The summed E-state index contributed by atoms with van der Waals surface area (Å²) < 4.78 is 0. The maximum atomic E-state index is 5.06. The Kier molecular flexibility index (Phi) is 9.16. The van der Waals surface area contributed by atoms with Crippen LogP contribution in [0.25, 0.3) is 0 Å². The first kappa shape index (κ1) is 30.4. The van der Waals surface area contributed by atoms with Gasteiger partial charge in [-0.05, 0) is 42.8 Å². The van der Waals surface area contributed by atoms with Crippen LogP contribution in [0, 0.1) is 0 Å². The van der Waals surface area contributed by atoms with E-state index in [2.05, 4.69) is 148 Å². The average molecular weight is 580 g/mol. The molecule has 0 atom stereocenters. The minimum absolute atomic E-state index is 0.00855. The molecule has 0 aliphatic carbocycles. The summed E-state index contributed by atoms with van der Waals surface area (Å²) in [6.45, 7) is 18.6. The van der Waals surface area contributed by atoms with Crippen molar-refractivity contribution in [3.8, 4) is 0 Å². The van der Waals surface area contributed by atoms with Crippen LogP contribution in [0.15, 0.2) is 97.1 Å². The Hall–Kier alpha value is -3.07. The van der Waals surface area contributed by atoms with E-state index in [1.54, 1.807) is 0 Å². The van der Waals surface area contributed by atoms with E-state index in [-0.39, 0.29) is 10.8 Å². The van der Waals surface area contributed by atoms with Crippen molar-refractivity contribution in [3.63, 3.8) is 0 Å². The van der Waals surface area contributed by atoms with Gasteiger partial charge in [-0.1, -0.05) is 96.1 Å². The van der Waals surface area contributed by atoms with Crippen LogP contribution in [0.1, 0.15) is 59.5 Å². The van der Waals surface area contributed by atoms with Gasteiger partial charge < -0.3 is 4.90 Å². The molecule has 1 fully saturated rings. The smallest absolute Gasteiger partial charge is 0.136 e. The van der Waals surface area contributed by atoms with Gasteiger partial charge in [-0.2, -0.15) is 0 Å². The first-order chi connectivity index (χ1) is 20.1. The molecule has 220 valence electrons. The third-order valence-corrected chi connectivity index (χ3v) is 12.9. The second-order valence-corrected chi connectivity index (χ2v) is 17.3. The number of hydrogen-bond acceptors (Lipinski definition) is 4. The minimum atomic E-state index is -1.78. The summed E-state index contributed by atoms with van der Waals surface area (Å²) in [5.41, 5.74) is 1.04. The van der Waals surface area contributed by atoms with Crippen molar-refractivity contribution in [1.82, 2.24) is 14.9 Å². The van der Waals surface area contributed by atoms with Gasteiger partial charge in [-0.25, -0.2) is 9.97 Å². The Morgan fingerprint density at radius 3 is 1.52 bits per heavy atom. The number of anilines is 1. The van der Waals surface area contributed by atoms with Gasteiger partial charge in [0.15, 0.2) is 0 Å². The number of benzene rings is 3. The molecule has 4 aromatic rings. The molecule has 4 nitrogen and oxygen atoms in total. The lowest BCUT2D eigenvalue weighted by Crippen LogP contribution is -2.47. The van der Waals surface area contributed by atoms with Crippen LogP contribution in [0.4, 0.5) is 5.82 Å². The highest BCUT2D eigenvalue weighted by molar-refractivity contribution is 7.95. The lowest BCUT2D eigenvalue weighted by Gasteiger charge is -2.37. The van der Waals surface area contributed by atoms with Gasteiger partial charge in [0.2, 0.25) is 0 Å². The van der Waals surface area contributed by atoms with Gasteiger partial charge in [-0.15, -0.1) is 0 Å². The molecule has 0 spiro atoms. The quantitative estimate of drug-likeness (QED) is 0.221. The lowest BCUT2D eigenvalue weighted by atomic mass is 9.90. The predicted octanol–water partition coefficient (Wildman–Crippen LogP) is 6.58. The molecular formula is C37H48N4P+. The van der Waals surface area contributed by atoms with E-state index in [9.17, 15) is 0 Å². The highest BCUT2D eigenvalue weighted by atomic mass is 31.2. The van der Waals surface area contributed by atoms with Crippen LogP contribution >= 0.6 is 7.26 Å². The second-order valence-electron chi connectivity index (χ2n) is 13.7. The topological polar surface area (TPSA) is 32.3 Å². The maximum Gasteiger partial charge on any atom is 0.136 e. The fraction of sp³-hybridized carbons (Fsp3) is 0.405. The van der Waals surface area contributed by atoms with Crippen LogP contribution in [-0.4, -0.2) is 53.8 Å². The van der Waals surface area contributed by atoms with Crippen molar-refractivity contribution in [2.24, 2.45) is 0 Å². The summed E-state index contributed by atoms with van der Waals surface area (Å²) in [6, 6.07) is 36.0. The van der Waals surface area contributed by atoms with Crippen LogP contribution in [0.5, 0.6) is 0 Å². The van der Waals surface area contributed by atoms with Gasteiger partial charge in [0.25, 0.3) is 0 Å². The van der Waals surface area contributed by atoms with Gasteiger partial charge in [0.05, 0.1) is 11.9 Å². The number of nitrogens with zero attached hydrogens (tertiary/aromatic N) is 4. The molecule has 0 unspecified atom stereocenters. The third kappa shape index (κ3) is 6.77. The van der Waals surface area contributed by atoms with Crippen molar-refractivity contribution in [2.45, 2.75) is 58.8 Å². The normalized spacial score (nSPS) is 15.1. The van der Waals surface area contributed by atoms with Crippen LogP contribution in [0.2, 0.25) is 0 Å². The molecule has 0 radical (unpaired) electrons. The molecule has 1 aliphatic heterocycles. The first-order valence-electron chi connectivity index (χ1n) is 15.5. The van der Waals surface area contributed by atoms with Crippen molar-refractivity contribution in [2.75, 3.05) is 43.8 Å². The van der Waals surface area contributed by atoms with Crippen molar-refractivity contribution < 1.29 is 0 Å². The van der Waals surface area contributed by atoms with E-state index in [0.717, 1.165) is 50.1 Å². The summed E-state index contributed by atoms with van der Waals surface area (Å²) in [5, 5.41) is 4.42. The van der Waals surface area contributed by atoms with Crippen LogP contribution in [0.3, 0.4) is 0 Å². The molecule has 1 aliphatic rings. The first-order valence-corrected chi connectivity index (χ1v) is 17.5. The Bertz CT molecular complexity index is 1290. The molecular weight excluding hydrogens is 531 g/mol. The van der Waals surface area contributed by atoms with E-state index < -0.39 is 7.26 Å². The summed E-state index contributed by atoms with van der Waals surface area (Å²) >= 11 is 0. The van der Waals surface area contributed by atoms with Crippen molar-refractivity contribution >= 4 is 29.0 Å². The van der Waals surface area contributed by atoms with Gasteiger partial charge >= 0.3 is 0 Å². The van der Waals surface area contributed by atoms with E-state index >= 15 is 0 Å². The lowest BCUT2D eigenvalue weighted by molar-refractivity contribution is 0.258. The highest BCUT2D eigenvalue weighted by Gasteiger charge is 2.44. The Morgan fingerprint density at radius 2 is 1.10 bits per heavy atom. The number of hydrogen-bond donors (Lipinski definition) is 0. The summed E-state index contributed by atoms with van der Waals surface area (Å²) in [6.07, 6.45) is 2.34. The maximum absolute atomic E-state index is 5.06. The molecule has 42 heavy (non-hydrogen) atoms. The SMILES string of the molecule is CC(C)(C)c1cc(N2CCN(CCC[P+](c3ccccc3)(c3ccccc3)c3ccccc3)CC2)nc(C(C)(C)C)n1. The molecule has 0 bridgehead atoms. The van der Waals surface area contributed by atoms with E-state index in [1.807, 2.05) is 0 Å². The fourth-order valence-corrected chi connectivity index (χ4v) is 10.3. The molecule has 3 aromatic carbocycles. The van der Waals surface area contributed by atoms with Crippen molar-refractivity contribution in [3.05, 3.63) is 109 Å². The van der Waals surface area contributed by atoms with E-state index in [4.69, 9.17) is 9.97 Å². The van der Waals surface area contributed by atoms with Crippen molar-refractivity contribution in [1.29, 1.82) is 0 Å². The molecule has 0 amide bonds. The highest BCUT2D eigenvalue weighted by Crippen LogP contribution is 2.55. The largest absolute Gasteiger partial charge is 0.354 e.